The number of aryl methyl sites for hydroxylation is 1. The molecule has 0 bridgehead atoms. The fraction of sp³-hybridized carbons (Fsp3) is 0.391. The van der Waals surface area contributed by atoms with Crippen LogP contribution in [-0.2, 0) is 11.2 Å². The quantitative estimate of drug-likeness (QED) is 0.610. The first-order chi connectivity index (χ1) is 14.5. The summed E-state index contributed by atoms with van der Waals surface area (Å²) in [5.41, 5.74) is 1.56. The number of carbonyl (C=O) groups excluding carboxylic acids is 1. The van der Waals surface area contributed by atoms with Crippen molar-refractivity contribution in [3.05, 3.63) is 56.4 Å². The summed E-state index contributed by atoms with van der Waals surface area (Å²) in [5, 5.41) is 10.5. The third-order valence-electron chi connectivity index (χ3n) is 5.89. The van der Waals surface area contributed by atoms with Crippen LogP contribution in [0.25, 0.3) is 21.3 Å². The van der Waals surface area contributed by atoms with Crippen molar-refractivity contribution in [1.29, 1.82) is 0 Å². The number of aliphatic hydroxyl groups excluding tert-OH is 1. The number of thiophene rings is 1. The molecule has 0 amide bonds. The van der Waals surface area contributed by atoms with Gasteiger partial charge >= 0.3 is 5.97 Å². The Hall–Kier alpha value is -2.51. The minimum Gasteiger partial charge on any atom is -0.462 e. The maximum absolute atomic E-state index is 15.2. The molecule has 1 fully saturated rings. The van der Waals surface area contributed by atoms with Gasteiger partial charge in [-0.1, -0.05) is 0 Å². The summed E-state index contributed by atoms with van der Waals surface area (Å²) in [4.78, 5) is 26.9. The number of pyridine rings is 1. The van der Waals surface area contributed by atoms with Crippen LogP contribution in [0.1, 0.15) is 65.6 Å². The topological polar surface area (TPSA) is 68.5 Å². The van der Waals surface area contributed by atoms with Gasteiger partial charge in [-0.25, -0.2) is 9.18 Å². The van der Waals surface area contributed by atoms with Gasteiger partial charge in [0.05, 0.1) is 18.2 Å². The highest BCUT2D eigenvalue weighted by molar-refractivity contribution is 7.15. The van der Waals surface area contributed by atoms with Gasteiger partial charge in [0, 0.05) is 32.9 Å². The Morgan fingerprint density at radius 2 is 2.10 bits per heavy atom. The van der Waals surface area contributed by atoms with Gasteiger partial charge < -0.3 is 14.4 Å². The lowest BCUT2D eigenvalue weighted by Crippen LogP contribution is -2.21. The molecule has 1 saturated carbocycles. The fourth-order valence-electron chi connectivity index (χ4n) is 4.24. The van der Waals surface area contributed by atoms with Gasteiger partial charge in [0.2, 0.25) is 5.43 Å². The summed E-state index contributed by atoms with van der Waals surface area (Å²) in [5.74, 6) is -1.18. The van der Waals surface area contributed by atoms with E-state index in [9.17, 15) is 14.7 Å². The molecule has 156 valence electrons. The number of ether oxygens (including phenoxy) is 1. The molecule has 1 aromatic carbocycles. The number of benzene rings is 1. The van der Waals surface area contributed by atoms with Crippen molar-refractivity contribution in [2.45, 2.75) is 51.2 Å². The van der Waals surface area contributed by atoms with E-state index in [1.165, 1.54) is 17.4 Å². The molecule has 1 atom stereocenters. The Balaban J connectivity index is 1.70. The van der Waals surface area contributed by atoms with Crippen molar-refractivity contribution in [2.75, 3.05) is 6.61 Å². The van der Waals surface area contributed by atoms with Gasteiger partial charge in [0.15, 0.2) is 0 Å². The molecule has 2 aromatic heterocycles. The number of rotatable bonds is 4. The lowest BCUT2D eigenvalue weighted by Gasteiger charge is -2.16. The predicted octanol–water partition coefficient (Wildman–Crippen LogP) is 4.75. The number of nitrogens with zero attached hydrogens (tertiary/aromatic N) is 1. The molecule has 3 aromatic rings. The molecule has 0 radical (unpaired) electrons. The molecule has 7 heteroatoms. The standard InChI is InChI=1S/C23H22FNO4S/c1-2-29-23(28)16-11-25(13-6-7-13)18-10-14(17(24)9-15(18)21(16)27)20-8-12-4-3-5-19(26)22(12)30-20/h8-11,13,19,26H,2-7H2,1H3. The number of hydrogen-bond donors (Lipinski definition) is 1. The average Bonchev–Trinajstić information content (AvgIpc) is 3.47. The zero-order valence-electron chi connectivity index (χ0n) is 16.6. The monoisotopic (exact) mass is 427 g/mol. The van der Waals surface area contributed by atoms with Crippen LogP contribution >= 0.6 is 11.3 Å². The van der Waals surface area contributed by atoms with Crippen LogP contribution in [-0.4, -0.2) is 22.2 Å². The second kappa shape index (κ2) is 7.32. The van der Waals surface area contributed by atoms with E-state index in [0.29, 0.717) is 11.1 Å². The Bertz CT molecular complexity index is 1220. The fourth-order valence-corrected chi connectivity index (χ4v) is 5.49. The van der Waals surface area contributed by atoms with E-state index in [2.05, 4.69) is 0 Å². The molecule has 0 spiro atoms. The Labute approximate surface area is 176 Å². The number of hydrogen-bond acceptors (Lipinski definition) is 5. The first-order valence-electron chi connectivity index (χ1n) is 10.3. The van der Waals surface area contributed by atoms with Crippen LogP contribution in [0.3, 0.4) is 0 Å². The Kier molecular flexibility index (Phi) is 4.75. The van der Waals surface area contributed by atoms with Crippen LogP contribution in [0, 0.1) is 5.82 Å². The molecular formula is C23H22FNO4S. The highest BCUT2D eigenvalue weighted by atomic mass is 32.1. The summed E-state index contributed by atoms with van der Waals surface area (Å²) < 4.78 is 22.1. The van der Waals surface area contributed by atoms with Crippen LogP contribution in [0.15, 0.2) is 29.2 Å². The van der Waals surface area contributed by atoms with Crippen LogP contribution in [0.4, 0.5) is 4.39 Å². The maximum Gasteiger partial charge on any atom is 0.343 e. The minimum absolute atomic E-state index is 0.0573. The molecule has 30 heavy (non-hydrogen) atoms. The smallest absolute Gasteiger partial charge is 0.343 e. The average molecular weight is 427 g/mol. The first kappa shape index (κ1) is 19.5. The lowest BCUT2D eigenvalue weighted by molar-refractivity contribution is 0.0524. The number of halogens is 1. The van der Waals surface area contributed by atoms with Gasteiger partial charge in [0.1, 0.15) is 11.4 Å². The molecule has 2 heterocycles. The number of carbonyl (C=O) groups is 1. The largest absolute Gasteiger partial charge is 0.462 e. The lowest BCUT2D eigenvalue weighted by atomic mass is 9.96. The van der Waals surface area contributed by atoms with Gasteiger partial charge in [-0.15, -0.1) is 11.3 Å². The van der Waals surface area contributed by atoms with Gasteiger partial charge in [0.25, 0.3) is 0 Å². The first-order valence-corrected chi connectivity index (χ1v) is 11.2. The number of aromatic nitrogens is 1. The summed E-state index contributed by atoms with van der Waals surface area (Å²) in [7, 11) is 0. The maximum atomic E-state index is 15.2. The van der Waals surface area contributed by atoms with E-state index in [-0.39, 0.29) is 23.6 Å². The third kappa shape index (κ3) is 3.17. The number of aliphatic hydroxyl groups is 1. The summed E-state index contributed by atoms with van der Waals surface area (Å²) in [6.45, 7) is 1.85. The molecule has 1 unspecified atom stereocenters. The highest BCUT2D eigenvalue weighted by Gasteiger charge is 2.29. The van der Waals surface area contributed by atoms with Crippen LogP contribution < -0.4 is 5.43 Å². The molecule has 0 saturated heterocycles. The SMILES string of the molecule is CCOC(=O)c1cn(C2CC2)c2cc(-c3cc4c(s3)C(O)CCC4)c(F)cc2c1=O. The van der Waals surface area contributed by atoms with Crippen molar-refractivity contribution in [3.8, 4) is 10.4 Å². The second-order valence-electron chi connectivity index (χ2n) is 7.99. The van der Waals surface area contributed by atoms with E-state index in [0.717, 1.165) is 47.4 Å². The minimum atomic E-state index is -0.678. The molecular weight excluding hydrogens is 405 g/mol. The van der Waals surface area contributed by atoms with Crippen molar-refractivity contribution < 1.29 is 19.0 Å². The van der Waals surface area contributed by atoms with Crippen molar-refractivity contribution >= 4 is 28.2 Å². The van der Waals surface area contributed by atoms with E-state index in [1.807, 2.05) is 10.6 Å². The highest BCUT2D eigenvalue weighted by Crippen LogP contribution is 2.43. The second-order valence-corrected chi connectivity index (χ2v) is 9.07. The molecule has 2 aliphatic carbocycles. The Morgan fingerprint density at radius 1 is 1.30 bits per heavy atom. The molecule has 5 rings (SSSR count). The van der Waals surface area contributed by atoms with Crippen LogP contribution in [0.2, 0.25) is 0 Å². The molecule has 0 aliphatic heterocycles. The third-order valence-corrected chi connectivity index (χ3v) is 7.20. The van der Waals surface area contributed by atoms with Crippen molar-refractivity contribution in [1.82, 2.24) is 4.57 Å². The van der Waals surface area contributed by atoms with E-state index in [4.69, 9.17) is 4.74 Å². The van der Waals surface area contributed by atoms with E-state index in [1.54, 1.807) is 19.2 Å². The van der Waals surface area contributed by atoms with E-state index >= 15 is 4.39 Å². The van der Waals surface area contributed by atoms with Crippen LogP contribution in [0.5, 0.6) is 0 Å². The predicted molar refractivity (Wildman–Crippen MR) is 114 cm³/mol. The van der Waals surface area contributed by atoms with Gasteiger partial charge in [-0.3, -0.25) is 4.79 Å². The summed E-state index contributed by atoms with van der Waals surface area (Å²) in [6, 6.07) is 5.10. The molecule has 1 N–H and O–H groups in total. The Morgan fingerprint density at radius 3 is 2.80 bits per heavy atom. The normalized spacial score (nSPS) is 18.4. The summed E-state index contributed by atoms with van der Waals surface area (Å²) >= 11 is 1.42. The molecule has 5 nitrogen and oxygen atoms in total. The zero-order chi connectivity index (χ0) is 21.0. The van der Waals surface area contributed by atoms with Crippen molar-refractivity contribution in [2.24, 2.45) is 0 Å². The van der Waals surface area contributed by atoms with E-state index < -0.39 is 23.3 Å². The van der Waals surface area contributed by atoms with Crippen molar-refractivity contribution in [3.63, 3.8) is 0 Å². The number of esters is 1. The number of fused-ring (bicyclic) bond motifs is 2. The summed E-state index contributed by atoms with van der Waals surface area (Å²) in [6.07, 6.45) is 5.50. The zero-order valence-corrected chi connectivity index (χ0v) is 17.4. The molecule has 2 aliphatic rings. The van der Waals surface area contributed by atoms with Gasteiger partial charge in [-0.05, 0) is 62.8 Å². The van der Waals surface area contributed by atoms with Gasteiger partial charge in [-0.2, -0.15) is 0 Å².